The molecule has 2 rings (SSSR count). The summed E-state index contributed by atoms with van der Waals surface area (Å²) in [5.74, 6) is 2.37. The highest BCUT2D eigenvalue weighted by Gasteiger charge is 2.34. The van der Waals surface area contributed by atoms with Gasteiger partial charge in [-0.05, 0) is 49.8 Å². The van der Waals surface area contributed by atoms with Gasteiger partial charge in [0.15, 0.2) is 0 Å². The number of hydrogen-bond acceptors (Lipinski definition) is 3. The van der Waals surface area contributed by atoms with E-state index in [2.05, 4.69) is 44.7 Å². The number of nitrogens with zero attached hydrogens (tertiary/aromatic N) is 1. The number of nitrogens with two attached hydrogens (primary N) is 1. The van der Waals surface area contributed by atoms with Gasteiger partial charge in [0.1, 0.15) is 5.75 Å². The van der Waals surface area contributed by atoms with Gasteiger partial charge in [0.2, 0.25) is 0 Å². The van der Waals surface area contributed by atoms with E-state index in [1.807, 2.05) is 12.1 Å². The van der Waals surface area contributed by atoms with Gasteiger partial charge in [0.25, 0.3) is 0 Å². The van der Waals surface area contributed by atoms with Crippen LogP contribution in [0.3, 0.4) is 0 Å². The maximum atomic E-state index is 6.53. The number of piperidine rings is 1. The van der Waals surface area contributed by atoms with Crippen molar-refractivity contribution in [2.45, 2.75) is 52.2 Å². The molecule has 1 aliphatic rings. The fourth-order valence-corrected chi connectivity index (χ4v) is 3.61. The molecule has 2 N–H and O–H groups in total. The lowest BCUT2D eigenvalue weighted by atomic mass is 9.84. The standard InChI is InChI=1S/C18H30N2O/c1-12-10-13(2)14(3)20(11-12)15(4)18(19)16-6-8-17(21-5)9-7-16/h6-9,12-15,18H,10-11,19H2,1-5H3. The fraction of sp³-hybridized carbons (Fsp3) is 0.667. The average Bonchev–Trinajstić information content (AvgIpc) is 2.49. The van der Waals surface area contributed by atoms with Crippen molar-refractivity contribution in [1.29, 1.82) is 0 Å². The number of rotatable bonds is 4. The van der Waals surface area contributed by atoms with Gasteiger partial charge in [-0.3, -0.25) is 4.90 Å². The van der Waals surface area contributed by atoms with E-state index in [1.54, 1.807) is 7.11 Å². The molecule has 0 spiro atoms. The summed E-state index contributed by atoms with van der Waals surface area (Å²) in [5.41, 5.74) is 7.71. The van der Waals surface area contributed by atoms with Gasteiger partial charge in [-0.2, -0.15) is 0 Å². The van der Waals surface area contributed by atoms with Crippen molar-refractivity contribution in [2.75, 3.05) is 13.7 Å². The van der Waals surface area contributed by atoms with Gasteiger partial charge >= 0.3 is 0 Å². The molecule has 1 aliphatic heterocycles. The van der Waals surface area contributed by atoms with E-state index in [0.717, 1.165) is 24.1 Å². The molecule has 0 aromatic heterocycles. The zero-order chi connectivity index (χ0) is 15.6. The predicted molar refractivity (Wildman–Crippen MR) is 88.5 cm³/mol. The van der Waals surface area contributed by atoms with Crippen LogP contribution in [0.5, 0.6) is 5.75 Å². The molecule has 1 aromatic carbocycles. The largest absolute Gasteiger partial charge is 0.497 e. The van der Waals surface area contributed by atoms with E-state index in [-0.39, 0.29) is 6.04 Å². The van der Waals surface area contributed by atoms with E-state index in [0.29, 0.717) is 12.1 Å². The third kappa shape index (κ3) is 3.58. The second-order valence-electron chi connectivity index (χ2n) is 6.80. The lowest BCUT2D eigenvalue weighted by molar-refractivity contribution is 0.0369. The maximum absolute atomic E-state index is 6.53. The number of likely N-dealkylation sites (tertiary alicyclic amines) is 1. The van der Waals surface area contributed by atoms with E-state index in [1.165, 1.54) is 12.0 Å². The van der Waals surface area contributed by atoms with Crippen LogP contribution < -0.4 is 10.5 Å². The Morgan fingerprint density at radius 1 is 1.19 bits per heavy atom. The second-order valence-corrected chi connectivity index (χ2v) is 6.80. The maximum Gasteiger partial charge on any atom is 0.118 e. The van der Waals surface area contributed by atoms with Crippen molar-refractivity contribution in [3.05, 3.63) is 29.8 Å². The van der Waals surface area contributed by atoms with Crippen molar-refractivity contribution in [2.24, 2.45) is 17.6 Å². The normalized spacial score (nSPS) is 29.9. The Morgan fingerprint density at radius 3 is 2.38 bits per heavy atom. The molecule has 5 atom stereocenters. The number of methoxy groups -OCH3 is 1. The van der Waals surface area contributed by atoms with Crippen molar-refractivity contribution in [1.82, 2.24) is 4.90 Å². The van der Waals surface area contributed by atoms with Gasteiger partial charge in [-0.1, -0.05) is 26.0 Å². The Kier molecular flexibility index (Phi) is 5.28. The highest BCUT2D eigenvalue weighted by molar-refractivity contribution is 5.29. The van der Waals surface area contributed by atoms with E-state index in [9.17, 15) is 0 Å². The van der Waals surface area contributed by atoms with Crippen LogP contribution in [-0.2, 0) is 0 Å². The van der Waals surface area contributed by atoms with Crippen molar-refractivity contribution < 1.29 is 4.74 Å². The molecule has 21 heavy (non-hydrogen) atoms. The SMILES string of the molecule is COc1ccc(C(N)C(C)N2CC(C)CC(C)C2C)cc1. The van der Waals surface area contributed by atoms with Crippen LogP contribution in [0.4, 0.5) is 0 Å². The third-order valence-corrected chi connectivity index (χ3v) is 5.19. The van der Waals surface area contributed by atoms with Crippen LogP contribution in [-0.4, -0.2) is 30.6 Å². The van der Waals surface area contributed by atoms with E-state index in [4.69, 9.17) is 10.5 Å². The van der Waals surface area contributed by atoms with Crippen LogP contribution in [0.1, 0.15) is 45.7 Å². The van der Waals surface area contributed by atoms with Crippen LogP contribution in [0.25, 0.3) is 0 Å². The van der Waals surface area contributed by atoms with Crippen molar-refractivity contribution in [3.8, 4) is 5.75 Å². The summed E-state index contributed by atoms with van der Waals surface area (Å²) in [7, 11) is 1.69. The zero-order valence-corrected chi connectivity index (χ0v) is 14.0. The van der Waals surface area contributed by atoms with Gasteiger partial charge < -0.3 is 10.5 Å². The molecule has 1 fully saturated rings. The average molecular weight is 290 g/mol. The molecule has 5 unspecified atom stereocenters. The summed E-state index contributed by atoms with van der Waals surface area (Å²) >= 11 is 0. The first kappa shape index (κ1) is 16.3. The molecule has 1 saturated heterocycles. The minimum absolute atomic E-state index is 0.0378. The smallest absolute Gasteiger partial charge is 0.118 e. The topological polar surface area (TPSA) is 38.5 Å². The molecular weight excluding hydrogens is 260 g/mol. The van der Waals surface area contributed by atoms with Crippen LogP contribution >= 0.6 is 0 Å². The molecule has 0 saturated carbocycles. The summed E-state index contributed by atoms with van der Waals surface area (Å²) in [5, 5.41) is 0. The Balaban J connectivity index is 2.11. The summed E-state index contributed by atoms with van der Waals surface area (Å²) in [6.45, 7) is 10.5. The Labute approximate surface area is 129 Å². The monoisotopic (exact) mass is 290 g/mol. The summed E-state index contributed by atoms with van der Waals surface area (Å²) in [6.07, 6.45) is 1.32. The Bertz CT molecular complexity index is 445. The molecule has 3 heteroatoms. The first-order valence-corrected chi connectivity index (χ1v) is 8.09. The van der Waals surface area contributed by atoms with Gasteiger partial charge in [0.05, 0.1) is 7.11 Å². The second kappa shape index (κ2) is 6.80. The summed E-state index contributed by atoms with van der Waals surface area (Å²) in [4.78, 5) is 2.59. The number of hydrogen-bond donors (Lipinski definition) is 1. The first-order chi connectivity index (χ1) is 9.93. The highest BCUT2D eigenvalue weighted by Crippen LogP contribution is 2.31. The van der Waals surface area contributed by atoms with Crippen LogP contribution in [0.2, 0.25) is 0 Å². The van der Waals surface area contributed by atoms with E-state index < -0.39 is 0 Å². The molecular formula is C18H30N2O. The molecule has 1 aromatic rings. The Morgan fingerprint density at radius 2 is 1.81 bits per heavy atom. The van der Waals surface area contributed by atoms with Crippen LogP contribution in [0.15, 0.2) is 24.3 Å². The van der Waals surface area contributed by atoms with Crippen molar-refractivity contribution >= 4 is 0 Å². The molecule has 0 radical (unpaired) electrons. The summed E-state index contributed by atoms with van der Waals surface area (Å²) < 4.78 is 5.22. The zero-order valence-electron chi connectivity index (χ0n) is 14.0. The minimum atomic E-state index is 0.0378. The Hall–Kier alpha value is -1.06. The quantitative estimate of drug-likeness (QED) is 0.923. The highest BCUT2D eigenvalue weighted by atomic mass is 16.5. The molecule has 118 valence electrons. The van der Waals surface area contributed by atoms with Gasteiger partial charge in [-0.25, -0.2) is 0 Å². The van der Waals surface area contributed by atoms with Gasteiger partial charge in [0, 0.05) is 24.7 Å². The minimum Gasteiger partial charge on any atom is -0.497 e. The summed E-state index contributed by atoms with van der Waals surface area (Å²) in [6, 6.07) is 9.14. The molecule has 0 bridgehead atoms. The number of benzene rings is 1. The predicted octanol–water partition coefficient (Wildman–Crippen LogP) is 3.45. The first-order valence-electron chi connectivity index (χ1n) is 8.09. The number of ether oxygens (including phenoxy) is 1. The molecule has 0 aliphatic carbocycles. The molecule has 3 nitrogen and oxygen atoms in total. The lowest BCUT2D eigenvalue weighted by Gasteiger charge is -2.46. The van der Waals surface area contributed by atoms with Gasteiger partial charge in [-0.15, -0.1) is 0 Å². The third-order valence-electron chi connectivity index (χ3n) is 5.19. The lowest BCUT2D eigenvalue weighted by Crippen LogP contribution is -2.52. The molecule has 1 heterocycles. The fourth-order valence-electron chi connectivity index (χ4n) is 3.61. The van der Waals surface area contributed by atoms with Crippen LogP contribution in [0, 0.1) is 11.8 Å². The van der Waals surface area contributed by atoms with E-state index >= 15 is 0 Å². The van der Waals surface area contributed by atoms with Crippen molar-refractivity contribution in [3.63, 3.8) is 0 Å². The molecule has 0 amide bonds.